The van der Waals surface area contributed by atoms with Gasteiger partial charge >= 0.3 is 0 Å². The lowest BCUT2D eigenvalue weighted by Gasteiger charge is -2.37. The lowest BCUT2D eigenvalue weighted by Crippen LogP contribution is -2.34. The van der Waals surface area contributed by atoms with E-state index in [0.29, 0.717) is 12.0 Å². The highest BCUT2D eigenvalue weighted by Crippen LogP contribution is 2.43. The Kier molecular flexibility index (Phi) is 4.39. The first-order valence-electron chi connectivity index (χ1n) is 7.41. The zero-order valence-corrected chi connectivity index (χ0v) is 14.3. The van der Waals surface area contributed by atoms with E-state index in [1.165, 1.54) is 36.1 Å². The van der Waals surface area contributed by atoms with Gasteiger partial charge in [0.1, 0.15) is 0 Å². The molecule has 0 amide bonds. The van der Waals surface area contributed by atoms with Crippen LogP contribution in [-0.4, -0.2) is 18.0 Å². The fourth-order valence-corrected chi connectivity index (χ4v) is 3.97. The minimum Gasteiger partial charge on any atom is -0.295 e. The van der Waals surface area contributed by atoms with Crippen LogP contribution in [0.2, 0.25) is 5.02 Å². The van der Waals surface area contributed by atoms with Crippen molar-refractivity contribution < 1.29 is 0 Å². The SMILES string of the molecule is Br.Clc1ccc([C@@H]2CN3CCC[C@@H]3c3ccccc32)cc1. The van der Waals surface area contributed by atoms with E-state index in [9.17, 15) is 0 Å². The molecule has 1 saturated heterocycles. The first kappa shape index (κ1) is 15.1. The van der Waals surface area contributed by atoms with Crippen molar-refractivity contribution in [1.82, 2.24) is 4.90 Å². The monoisotopic (exact) mass is 363 g/mol. The molecule has 2 aliphatic rings. The molecular formula is C18H19BrClN. The van der Waals surface area contributed by atoms with Crippen molar-refractivity contribution in [2.75, 3.05) is 13.1 Å². The molecule has 1 fully saturated rings. The molecule has 0 radical (unpaired) electrons. The molecule has 0 aliphatic carbocycles. The van der Waals surface area contributed by atoms with Crippen molar-refractivity contribution in [3.05, 3.63) is 70.2 Å². The van der Waals surface area contributed by atoms with Crippen LogP contribution in [0.25, 0.3) is 0 Å². The third-order valence-corrected chi connectivity index (χ3v) is 5.04. The molecular weight excluding hydrogens is 346 g/mol. The van der Waals surface area contributed by atoms with Crippen LogP contribution in [0.15, 0.2) is 48.5 Å². The third kappa shape index (κ3) is 2.65. The van der Waals surface area contributed by atoms with Crippen molar-refractivity contribution >= 4 is 28.6 Å². The molecule has 0 N–H and O–H groups in total. The molecule has 4 rings (SSSR count). The summed E-state index contributed by atoms with van der Waals surface area (Å²) in [6.45, 7) is 2.38. The Morgan fingerprint density at radius 3 is 2.43 bits per heavy atom. The molecule has 0 aromatic heterocycles. The normalized spacial score (nSPS) is 24.0. The van der Waals surface area contributed by atoms with Gasteiger partial charge in [-0.25, -0.2) is 0 Å². The van der Waals surface area contributed by atoms with Gasteiger partial charge in [0.2, 0.25) is 0 Å². The van der Waals surface area contributed by atoms with Crippen molar-refractivity contribution in [3.8, 4) is 0 Å². The fraction of sp³-hybridized carbons (Fsp3) is 0.333. The number of fused-ring (bicyclic) bond motifs is 3. The average Bonchev–Trinajstić information content (AvgIpc) is 2.96. The molecule has 0 spiro atoms. The van der Waals surface area contributed by atoms with E-state index in [1.54, 1.807) is 0 Å². The Morgan fingerprint density at radius 1 is 0.952 bits per heavy atom. The summed E-state index contributed by atoms with van der Waals surface area (Å²) in [4.78, 5) is 2.65. The van der Waals surface area contributed by atoms with Crippen LogP contribution in [0.5, 0.6) is 0 Å². The van der Waals surface area contributed by atoms with Crippen LogP contribution in [0.3, 0.4) is 0 Å². The molecule has 0 saturated carbocycles. The number of halogens is 2. The second-order valence-corrected chi connectivity index (χ2v) is 6.32. The number of hydrogen-bond acceptors (Lipinski definition) is 1. The van der Waals surface area contributed by atoms with Crippen molar-refractivity contribution in [2.24, 2.45) is 0 Å². The zero-order chi connectivity index (χ0) is 13.5. The van der Waals surface area contributed by atoms with E-state index < -0.39 is 0 Å². The first-order valence-corrected chi connectivity index (χ1v) is 7.79. The summed E-state index contributed by atoms with van der Waals surface area (Å²) < 4.78 is 0. The third-order valence-electron chi connectivity index (χ3n) is 4.78. The molecule has 3 heteroatoms. The number of hydrogen-bond donors (Lipinski definition) is 0. The van der Waals surface area contributed by atoms with Gasteiger partial charge in [-0.2, -0.15) is 0 Å². The average molecular weight is 365 g/mol. The summed E-state index contributed by atoms with van der Waals surface area (Å²) in [6.07, 6.45) is 2.64. The quantitative estimate of drug-likeness (QED) is 0.672. The Labute approximate surface area is 141 Å². The minimum atomic E-state index is 0. The van der Waals surface area contributed by atoms with Gasteiger partial charge in [-0.3, -0.25) is 4.90 Å². The minimum absolute atomic E-state index is 0. The van der Waals surface area contributed by atoms with Gasteiger partial charge in [0, 0.05) is 23.5 Å². The van der Waals surface area contributed by atoms with Gasteiger partial charge in [-0.1, -0.05) is 48.0 Å². The van der Waals surface area contributed by atoms with E-state index in [1.807, 2.05) is 12.1 Å². The van der Waals surface area contributed by atoms with E-state index in [-0.39, 0.29) is 17.0 Å². The van der Waals surface area contributed by atoms with Gasteiger partial charge in [0.15, 0.2) is 0 Å². The van der Waals surface area contributed by atoms with Gasteiger partial charge in [0.05, 0.1) is 0 Å². The largest absolute Gasteiger partial charge is 0.295 e. The molecule has 1 nitrogen and oxygen atoms in total. The number of benzene rings is 2. The second kappa shape index (κ2) is 6.12. The van der Waals surface area contributed by atoms with E-state index in [0.717, 1.165) is 11.6 Å². The Bertz CT molecular complexity index is 625. The Morgan fingerprint density at radius 2 is 1.67 bits per heavy atom. The zero-order valence-electron chi connectivity index (χ0n) is 11.8. The lowest BCUT2D eigenvalue weighted by molar-refractivity contribution is 0.230. The highest BCUT2D eigenvalue weighted by molar-refractivity contribution is 8.93. The molecule has 2 atom stereocenters. The highest BCUT2D eigenvalue weighted by Gasteiger charge is 2.35. The van der Waals surface area contributed by atoms with Gasteiger partial charge < -0.3 is 0 Å². The van der Waals surface area contributed by atoms with Crippen molar-refractivity contribution in [3.63, 3.8) is 0 Å². The summed E-state index contributed by atoms with van der Waals surface area (Å²) >= 11 is 6.03. The maximum absolute atomic E-state index is 6.03. The predicted octanol–water partition coefficient (Wildman–Crippen LogP) is 5.20. The van der Waals surface area contributed by atoms with Gasteiger partial charge in [0.25, 0.3) is 0 Å². The van der Waals surface area contributed by atoms with Crippen LogP contribution < -0.4 is 0 Å². The topological polar surface area (TPSA) is 3.24 Å². The summed E-state index contributed by atoms with van der Waals surface area (Å²) in [5.41, 5.74) is 4.43. The maximum atomic E-state index is 6.03. The molecule has 21 heavy (non-hydrogen) atoms. The smallest absolute Gasteiger partial charge is 0.0406 e. The summed E-state index contributed by atoms with van der Waals surface area (Å²) in [5, 5.41) is 0.817. The molecule has 2 aliphatic heterocycles. The van der Waals surface area contributed by atoms with E-state index in [4.69, 9.17) is 11.6 Å². The van der Waals surface area contributed by atoms with Crippen molar-refractivity contribution in [2.45, 2.75) is 24.8 Å². The molecule has 2 aromatic rings. The summed E-state index contributed by atoms with van der Waals surface area (Å²) in [5.74, 6) is 0.484. The molecule has 2 heterocycles. The van der Waals surface area contributed by atoms with Gasteiger partial charge in [-0.15, -0.1) is 17.0 Å². The molecule has 0 bridgehead atoms. The van der Waals surface area contributed by atoms with E-state index in [2.05, 4.69) is 41.3 Å². The molecule has 0 unspecified atom stereocenters. The van der Waals surface area contributed by atoms with Crippen molar-refractivity contribution in [1.29, 1.82) is 0 Å². The molecule has 2 aromatic carbocycles. The van der Waals surface area contributed by atoms with Crippen LogP contribution in [0.1, 0.15) is 41.5 Å². The first-order chi connectivity index (χ1) is 9.83. The van der Waals surface area contributed by atoms with Crippen LogP contribution in [0.4, 0.5) is 0 Å². The Balaban J connectivity index is 0.00000132. The van der Waals surface area contributed by atoms with Gasteiger partial charge in [-0.05, 0) is 48.2 Å². The highest BCUT2D eigenvalue weighted by atomic mass is 79.9. The summed E-state index contributed by atoms with van der Waals surface area (Å²) in [6, 6.07) is 18.0. The van der Waals surface area contributed by atoms with E-state index >= 15 is 0 Å². The molecule has 110 valence electrons. The second-order valence-electron chi connectivity index (χ2n) is 5.89. The lowest BCUT2D eigenvalue weighted by atomic mass is 9.82. The predicted molar refractivity (Wildman–Crippen MR) is 93.6 cm³/mol. The van der Waals surface area contributed by atoms with Crippen LogP contribution in [-0.2, 0) is 0 Å². The summed E-state index contributed by atoms with van der Waals surface area (Å²) in [7, 11) is 0. The van der Waals surface area contributed by atoms with Crippen LogP contribution >= 0.6 is 28.6 Å². The Hall–Kier alpha value is -0.830. The van der Waals surface area contributed by atoms with Crippen LogP contribution in [0, 0.1) is 0 Å². The standard InChI is InChI=1S/C18H18ClN.BrH/c19-14-9-7-13(8-10-14)17-12-20-11-3-6-18(20)16-5-2-1-4-15(16)17;/h1-2,4-5,7-10,17-18H,3,6,11-12H2;1H/t17-,18+;/m0./s1. The maximum Gasteiger partial charge on any atom is 0.0406 e. The number of rotatable bonds is 1. The fourth-order valence-electron chi connectivity index (χ4n) is 3.84. The number of nitrogens with zero attached hydrogens (tertiary/aromatic N) is 1.